The van der Waals surface area contributed by atoms with Crippen molar-refractivity contribution in [2.24, 2.45) is 5.18 Å². The summed E-state index contributed by atoms with van der Waals surface area (Å²) in [5.41, 5.74) is 1.54. The Balaban J connectivity index is 2.07. The molecule has 0 fully saturated rings. The predicted molar refractivity (Wildman–Crippen MR) is 73.8 cm³/mol. The SMILES string of the molecule is CCCCCCCCNc1ccc(N=O)cc1. The molecule has 0 spiro atoms. The molecule has 0 unspecified atom stereocenters. The van der Waals surface area contributed by atoms with E-state index in [1.165, 1.54) is 38.5 Å². The van der Waals surface area contributed by atoms with E-state index in [1.807, 2.05) is 12.1 Å². The Kier molecular flexibility index (Phi) is 7.03. The summed E-state index contributed by atoms with van der Waals surface area (Å²) in [4.78, 5) is 10.2. The molecule has 1 rings (SSSR count). The van der Waals surface area contributed by atoms with Gasteiger partial charge in [-0.05, 0) is 35.9 Å². The molecule has 0 atom stereocenters. The van der Waals surface area contributed by atoms with Gasteiger partial charge in [-0.25, -0.2) is 0 Å². The van der Waals surface area contributed by atoms with Crippen LogP contribution in [-0.2, 0) is 0 Å². The number of rotatable bonds is 9. The predicted octanol–water partition coefficient (Wildman–Crippen LogP) is 4.86. The van der Waals surface area contributed by atoms with Crippen LogP contribution in [0.1, 0.15) is 45.4 Å². The molecule has 0 amide bonds. The van der Waals surface area contributed by atoms with Crippen molar-refractivity contribution in [2.75, 3.05) is 11.9 Å². The van der Waals surface area contributed by atoms with E-state index in [-0.39, 0.29) is 0 Å². The first kappa shape index (κ1) is 13.7. The Morgan fingerprint density at radius 1 is 1.00 bits per heavy atom. The number of anilines is 1. The maximum atomic E-state index is 10.2. The van der Waals surface area contributed by atoms with Gasteiger partial charge in [0.25, 0.3) is 0 Å². The Bertz CT molecular complexity index is 309. The second kappa shape index (κ2) is 8.74. The van der Waals surface area contributed by atoms with E-state index in [2.05, 4.69) is 17.4 Å². The molecule has 0 aliphatic carbocycles. The average Bonchev–Trinajstić information content (AvgIpc) is 2.38. The Hall–Kier alpha value is -1.38. The van der Waals surface area contributed by atoms with E-state index in [9.17, 15) is 4.91 Å². The molecule has 3 nitrogen and oxygen atoms in total. The molecule has 0 saturated heterocycles. The topological polar surface area (TPSA) is 41.5 Å². The first-order valence-corrected chi connectivity index (χ1v) is 6.54. The number of nitroso groups, excluding NO2 is 1. The molecule has 1 aromatic rings. The van der Waals surface area contributed by atoms with Crippen LogP contribution in [-0.4, -0.2) is 6.54 Å². The summed E-state index contributed by atoms with van der Waals surface area (Å²) in [6.45, 7) is 3.24. The second-order valence-electron chi connectivity index (χ2n) is 4.33. The maximum Gasteiger partial charge on any atom is 0.108 e. The summed E-state index contributed by atoms with van der Waals surface area (Å²) in [5, 5.41) is 6.22. The lowest BCUT2D eigenvalue weighted by Gasteiger charge is -2.06. The highest BCUT2D eigenvalue weighted by molar-refractivity contribution is 5.50. The maximum absolute atomic E-state index is 10.2. The van der Waals surface area contributed by atoms with Crippen LogP contribution in [0.4, 0.5) is 11.4 Å². The number of benzene rings is 1. The van der Waals surface area contributed by atoms with Gasteiger partial charge >= 0.3 is 0 Å². The van der Waals surface area contributed by atoms with E-state index in [0.29, 0.717) is 5.69 Å². The van der Waals surface area contributed by atoms with Crippen molar-refractivity contribution >= 4 is 11.4 Å². The van der Waals surface area contributed by atoms with Crippen LogP contribution >= 0.6 is 0 Å². The van der Waals surface area contributed by atoms with Gasteiger partial charge in [0.1, 0.15) is 5.69 Å². The fraction of sp³-hybridized carbons (Fsp3) is 0.571. The number of hydrogen-bond donors (Lipinski definition) is 1. The highest BCUT2D eigenvalue weighted by Gasteiger charge is 1.94. The summed E-state index contributed by atoms with van der Waals surface area (Å²) in [6, 6.07) is 7.26. The van der Waals surface area contributed by atoms with Crippen LogP contribution < -0.4 is 5.32 Å². The Morgan fingerprint density at radius 3 is 2.29 bits per heavy atom. The third-order valence-corrected chi connectivity index (χ3v) is 2.83. The highest BCUT2D eigenvalue weighted by atomic mass is 16.3. The molecule has 0 heterocycles. The van der Waals surface area contributed by atoms with Crippen molar-refractivity contribution in [3.8, 4) is 0 Å². The van der Waals surface area contributed by atoms with Crippen LogP contribution in [0.2, 0.25) is 0 Å². The molecule has 94 valence electrons. The van der Waals surface area contributed by atoms with E-state index in [4.69, 9.17) is 0 Å². The van der Waals surface area contributed by atoms with Crippen molar-refractivity contribution in [3.63, 3.8) is 0 Å². The molecule has 0 aromatic heterocycles. The van der Waals surface area contributed by atoms with Crippen LogP contribution in [0.3, 0.4) is 0 Å². The summed E-state index contributed by atoms with van der Waals surface area (Å²) >= 11 is 0. The van der Waals surface area contributed by atoms with Crippen molar-refractivity contribution in [2.45, 2.75) is 45.4 Å². The zero-order chi connectivity index (χ0) is 12.3. The molecule has 0 aliphatic heterocycles. The van der Waals surface area contributed by atoms with Crippen molar-refractivity contribution < 1.29 is 0 Å². The number of hydrogen-bond acceptors (Lipinski definition) is 3. The molecule has 0 aliphatic rings. The summed E-state index contributed by atoms with van der Waals surface area (Å²) < 4.78 is 0. The van der Waals surface area contributed by atoms with Gasteiger partial charge < -0.3 is 5.32 Å². The Morgan fingerprint density at radius 2 is 1.65 bits per heavy atom. The van der Waals surface area contributed by atoms with Gasteiger partial charge in [0.2, 0.25) is 0 Å². The third-order valence-electron chi connectivity index (χ3n) is 2.83. The molecule has 0 radical (unpaired) electrons. The number of nitrogens with one attached hydrogen (secondary N) is 1. The average molecular weight is 234 g/mol. The molecule has 1 aromatic carbocycles. The van der Waals surface area contributed by atoms with Gasteiger partial charge in [0.15, 0.2) is 0 Å². The van der Waals surface area contributed by atoms with Crippen LogP contribution in [0.15, 0.2) is 29.4 Å². The van der Waals surface area contributed by atoms with Gasteiger partial charge in [0, 0.05) is 12.2 Å². The zero-order valence-electron chi connectivity index (χ0n) is 10.6. The van der Waals surface area contributed by atoms with E-state index in [0.717, 1.165) is 12.2 Å². The van der Waals surface area contributed by atoms with Gasteiger partial charge in [-0.3, -0.25) is 0 Å². The lowest BCUT2D eigenvalue weighted by atomic mass is 10.1. The van der Waals surface area contributed by atoms with Crippen LogP contribution in [0.5, 0.6) is 0 Å². The lowest BCUT2D eigenvalue weighted by Crippen LogP contribution is -2.00. The lowest BCUT2D eigenvalue weighted by molar-refractivity contribution is 0.617. The third kappa shape index (κ3) is 6.05. The highest BCUT2D eigenvalue weighted by Crippen LogP contribution is 2.15. The van der Waals surface area contributed by atoms with Crippen molar-refractivity contribution in [1.82, 2.24) is 0 Å². The molecule has 1 N–H and O–H groups in total. The Labute approximate surface area is 104 Å². The largest absolute Gasteiger partial charge is 0.385 e. The normalized spacial score (nSPS) is 10.2. The van der Waals surface area contributed by atoms with Gasteiger partial charge in [-0.1, -0.05) is 39.0 Å². The first-order chi connectivity index (χ1) is 8.36. The molecule has 0 saturated carbocycles. The fourth-order valence-corrected chi connectivity index (χ4v) is 1.78. The van der Waals surface area contributed by atoms with Gasteiger partial charge in [0.05, 0.1) is 0 Å². The minimum Gasteiger partial charge on any atom is -0.385 e. The van der Waals surface area contributed by atoms with E-state index >= 15 is 0 Å². The van der Waals surface area contributed by atoms with Crippen LogP contribution in [0.25, 0.3) is 0 Å². The molecular formula is C14H22N2O. The van der Waals surface area contributed by atoms with Crippen molar-refractivity contribution in [1.29, 1.82) is 0 Å². The summed E-state index contributed by atoms with van der Waals surface area (Å²) in [5.74, 6) is 0. The van der Waals surface area contributed by atoms with Gasteiger partial charge in [-0.2, -0.15) is 0 Å². The first-order valence-electron chi connectivity index (χ1n) is 6.54. The zero-order valence-corrected chi connectivity index (χ0v) is 10.6. The molecule has 0 bridgehead atoms. The van der Waals surface area contributed by atoms with Crippen molar-refractivity contribution in [3.05, 3.63) is 29.2 Å². The van der Waals surface area contributed by atoms with E-state index in [1.54, 1.807) is 12.1 Å². The van der Waals surface area contributed by atoms with Gasteiger partial charge in [-0.15, -0.1) is 4.91 Å². The van der Waals surface area contributed by atoms with Crippen LogP contribution in [0, 0.1) is 4.91 Å². The quantitative estimate of drug-likeness (QED) is 0.490. The van der Waals surface area contributed by atoms with E-state index < -0.39 is 0 Å². The number of nitrogens with zero attached hydrogens (tertiary/aromatic N) is 1. The molecule has 3 heteroatoms. The second-order valence-corrected chi connectivity index (χ2v) is 4.33. The smallest absolute Gasteiger partial charge is 0.108 e. The summed E-state index contributed by atoms with van der Waals surface area (Å²) in [6.07, 6.45) is 7.85. The standard InChI is InChI=1S/C14H22N2O/c1-2-3-4-5-6-7-12-15-13-8-10-14(16-17)11-9-13/h8-11,15H,2-7,12H2,1H3. The monoisotopic (exact) mass is 234 g/mol. The number of unbranched alkanes of at least 4 members (excludes halogenated alkanes) is 5. The molecule has 17 heavy (non-hydrogen) atoms. The molecular weight excluding hydrogens is 212 g/mol. The fourth-order valence-electron chi connectivity index (χ4n) is 1.78. The summed E-state index contributed by atoms with van der Waals surface area (Å²) in [7, 11) is 0. The minimum absolute atomic E-state index is 0.482. The minimum atomic E-state index is 0.482.